The monoisotopic (exact) mass is 156 g/mol. The van der Waals surface area contributed by atoms with Crippen LogP contribution in [-0.4, -0.2) is 0 Å². The normalized spacial score (nSPS) is 32.0. The summed E-state index contributed by atoms with van der Waals surface area (Å²) in [6, 6.07) is 0. The van der Waals surface area contributed by atoms with Crippen LogP contribution in [0.3, 0.4) is 0 Å². The number of rotatable bonds is 0. The van der Waals surface area contributed by atoms with Crippen LogP contribution < -0.4 is 0 Å². The second kappa shape index (κ2) is 6.17. The molecule has 0 N–H and O–H groups in total. The lowest BCUT2D eigenvalue weighted by molar-refractivity contribution is 1.81. The molecule has 0 amide bonds. The maximum Gasteiger partial charge on any atom is -0.0623 e. The summed E-state index contributed by atoms with van der Waals surface area (Å²) in [6.07, 6.45) is 24.0. The molecule has 0 fully saturated rings. The second-order valence-corrected chi connectivity index (χ2v) is 2.31. The average Bonchev–Trinajstić information content (AvgIpc) is 2.05. The molecule has 0 unspecified atom stereocenters. The first-order valence-electron chi connectivity index (χ1n) is 4.00. The van der Waals surface area contributed by atoms with E-state index in [4.69, 9.17) is 0 Å². The summed E-state index contributed by atoms with van der Waals surface area (Å²) < 4.78 is 0. The minimum Gasteiger partial charge on any atom is -0.0623 e. The Balaban J connectivity index is 2.67. The van der Waals surface area contributed by atoms with Gasteiger partial charge in [-0.15, -0.1) is 0 Å². The molecule has 0 heterocycles. The third-order valence-electron chi connectivity index (χ3n) is 1.33. The lowest BCUT2D eigenvalue weighted by Gasteiger charge is -1.77. The van der Waals surface area contributed by atoms with Gasteiger partial charge in [-0.25, -0.2) is 0 Å². The summed E-state index contributed by atoms with van der Waals surface area (Å²) in [4.78, 5) is 0. The van der Waals surface area contributed by atoms with E-state index >= 15 is 0 Å². The Morgan fingerprint density at radius 1 is 0.167 bits per heavy atom. The molecule has 1 rings (SSSR count). The van der Waals surface area contributed by atoms with Gasteiger partial charge in [0.1, 0.15) is 0 Å². The summed E-state index contributed by atoms with van der Waals surface area (Å²) in [5, 5.41) is 0. The van der Waals surface area contributed by atoms with Crippen molar-refractivity contribution in [3.63, 3.8) is 0 Å². The third kappa shape index (κ3) is 4.29. The molecule has 0 radical (unpaired) electrons. The molecular formula is C12H12. The Kier molecular flexibility index (Phi) is 4.39. The van der Waals surface area contributed by atoms with Gasteiger partial charge in [0.2, 0.25) is 0 Å². The van der Waals surface area contributed by atoms with Gasteiger partial charge in [0.25, 0.3) is 0 Å². The van der Waals surface area contributed by atoms with Crippen LogP contribution in [0.1, 0.15) is 0 Å². The highest BCUT2D eigenvalue weighted by Crippen LogP contribution is 1.87. The van der Waals surface area contributed by atoms with Crippen molar-refractivity contribution < 1.29 is 0 Å². The maximum atomic E-state index is 2.00. The van der Waals surface area contributed by atoms with Crippen molar-refractivity contribution in [2.75, 3.05) is 0 Å². The zero-order chi connectivity index (χ0) is 8.49. The highest BCUT2D eigenvalue weighted by atomic mass is 13.7. The molecule has 0 aromatic heterocycles. The van der Waals surface area contributed by atoms with Crippen LogP contribution in [-0.2, 0) is 0 Å². The molecule has 0 bridgehead atoms. The molecule has 0 heteroatoms. The molecule has 0 aromatic carbocycles. The summed E-state index contributed by atoms with van der Waals surface area (Å²) >= 11 is 0. The van der Waals surface area contributed by atoms with E-state index in [1.807, 2.05) is 72.9 Å². The summed E-state index contributed by atoms with van der Waals surface area (Å²) in [5.74, 6) is 0. The molecule has 1 aliphatic carbocycles. The van der Waals surface area contributed by atoms with E-state index in [9.17, 15) is 0 Å². The highest BCUT2D eigenvalue weighted by molar-refractivity contribution is 5.23. The molecule has 0 saturated heterocycles. The smallest absolute Gasteiger partial charge is 0.0623 e. The maximum absolute atomic E-state index is 2.00. The molecular weight excluding hydrogens is 144 g/mol. The van der Waals surface area contributed by atoms with E-state index in [0.717, 1.165) is 0 Å². The van der Waals surface area contributed by atoms with Crippen molar-refractivity contribution in [2.45, 2.75) is 0 Å². The fourth-order valence-corrected chi connectivity index (χ4v) is 0.770. The first kappa shape index (κ1) is 8.54. The van der Waals surface area contributed by atoms with Gasteiger partial charge in [0, 0.05) is 0 Å². The minimum absolute atomic E-state index is 2.00. The Morgan fingerprint density at radius 2 is 0.250 bits per heavy atom. The Bertz CT molecular complexity index is 169. The average molecular weight is 156 g/mol. The van der Waals surface area contributed by atoms with Gasteiger partial charge in [0.15, 0.2) is 0 Å². The van der Waals surface area contributed by atoms with Crippen molar-refractivity contribution in [1.82, 2.24) is 0 Å². The van der Waals surface area contributed by atoms with Crippen LogP contribution in [0.25, 0.3) is 0 Å². The van der Waals surface area contributed by atoms with Crippen LogP contribution in [0.15, 0.2) is 72.9 Å². The summed E-state index contributed by atoms with van der Waals surface area (Å²) in [7, 11) is 0. The number of hydrogen-bond donors (Lipinski definition) is 0. The third-order valence-corrected chi connectivity index (χ3v) is 1.33. The van der Waals surface area contributed by atoms with Gasteiger partial charge >= 0.3 is 0 Å². The van der Waals surface area contributed by atoms with Gasteiger partial charge < -0.3 is 0 Å². The van der Waals surface area contributed by atoms with Gasteiger partial charge in [-0.05, 0) is 0 Å². The summed E-state index contributed by atoms with van der Waals surface area (Å²) in [5.41, 5.74) is 0. The predicted octanol–water partition coefficient (Wildman–Crippen LogP) is 3.34. The van der Waals surface area contributed by atoms with Crippen molar-refractivity contribution in [1.29, 1.82) is 0 Å². The second-order valence-electron chi connectivity index (χ2n) is 2.31. The molecule has 0 aromatic rings. The molecule has 12 heavy (non-hydrogen) atoms. The molecule has 0 spiro atoms. The standard InChI is InChI=1S/C12H12/c1-2-4-6-8-10-12-11-9-7-5-3-1/h1-12H/b2-1-,3-1?,4-2?,5-3+,6-4+,7-5?,8-6?,9-7+,10-8+,11-9?,12-10?,12-11-. The van der Waals surface area contributed by atoms with E-state index in [0.29, 0.717) is 0 Å². The zero-order valence-corrected chi connectivity index (χ0v) is 6.93. The molecule has 0 saturated carbocycles. The zero-order valence-electron chi connectivity index (χ0n) is 6.93. The SMILES string of the molecule is C1=C\C=C\C=C\C=C/C=C/C=C/1. The fourth-order valence-electron chi connectivity index (χ4n) is 0.770. The van der Waals surface area contributed by atoms with Crippen LogP contribution >= 0.6 is 0 Å². The van der Waals surface area contributed by atoms with Crippen molar-refractivity contribution in [3.8, 4) is 0 Å². The van der Waals surface area contributed by atoms with Gasteiger partial charge in [-0.3, -0.25) is 0 Å². The Hall–Kier alpha value is -1.56. The quantitative estimate of drug-likeness (QED) is 0.504. The molecule has 0 atom stereocenters. The van der Waals surface area contributed by atoms with Crippen molar-refractivity contribution in [2.24, 2.45) is 0 Å². The predicted molar refractivity (Wildman–Crippen MR) is 54.8 cm³/mol. The van der Waals surface area contributed by atoms with E-state index in [-0.39, 0.29) is 0 Å². The Labute approximate surface area is 73.6 Å². The van der Waals surface area contributed by atoms with Crippen LogP contribution in [0.4, 0.5) is 0 Å². The van der Waals surface area contributed by atoms with E-state index in [2.05, 4.69) is 0 Å². The van der Waals surface area contributed by atoms with Gasteiger partial charge in [-0.1, -0.05) is 72.9 Å². The van der Waals surface area contributed by atoms with Crippen LogP contribution in [0.5, 0.6) is 0 Å². The van der Waals surface area contributed by atoms with Crippen molar-refractivity contribution in [3.05, 3.63) is 72.9 Å². The number of allylic oxidation sites excluding steroid dienone is 12. The fraction of sp³-hybridized carbons (Fsp3) is 0. The van der Waals surface area contributed by atoms with Crippen molar-refractivity contribution >= 4 is 0 Å². The van der Waals surface area contributed by atoms with Crippen LogP contribution in [0, 0.1) is 0 Å². The summed E-state index contributed by atoms with van der Waals surface area (Å²) in [6.45, 7) is 0. The molecule has 0 nitrogen and oxygen atoms in total. The molecule has 60 valence electrons. The van der Waals surface area contributed by atoms with Crippen LogP contribution in [0.2, 0.25) is 0 Å². The highest BCUT2D eigenvalue weighted by Gasteiger charge is 1.65. The first-order valence-corrected chi connectivity index (χ1v) is 4.00. The largest absolute Gasteiger partial charge is 0.0623 e. The van der Waals surface area contributed by atoms with E-state index in [1.54, 1.807) is 0 Å². The van der Waals surface area contributed by atoms with Gasteiger partial charge in [0.05, 0.1) is 0 Å². The number of hydrogen-bond acceptors (Lipinski definition) is 0. The minimum atomic E-state index is 2.00. The molecule has 0 aliphatic heterocycles. The lowest BCUT2D eigenvalue weighted by atomic mass is 10.3. The van der Waals surface area contributed by atoms with E-state index in [1.165, 1.54) is 0 Å². The lowest BCUT2D eigenvalue weighted by Crippen LogP contribution is -1.55. The Morgan fingerprint density at radius 3 is 0.333 bits per heavy atom. The first-order chi connectivity index (χ1) is 6.00. The van der Waals surface area contributed by atoms with Gasteiger partial charge in [-0.2, -0.15) is 0 Å². The van der Waals surface area contributed by atoms with E-state index < -0.39 is 0 Å². The topological polar surface area (TPSA) is 0 Å². The molecule has 1 aliphatic rings.